The van der Waals surface area contributed by atoms with Gasteiger partial charge in [-0.25, -0.2) is 4.39 Å². The number of unbranched alkanes of at least 4 members (excludes halogenated alkanes) is 4. The second-order valence-corrected chi connectivity index (χ2v) is 8.51. The highest BCUT2D eigenvalue weighted by molar-refractivity contribution is 9.10. The molecule has 1 aliphatic heterocycles. The van der Waals surface area contributed by atoms with Crippen LogP contribution in [0.4, 0.5) is 4.39 Å². The number of thioether (sulfide) groups is 1. The van der Waals surface area contributed by atoms with Crippen LogP contribution in [0.15, 0.2) is 52.0 Å². The van der Waals surface area contributed by atoms with Gasteiger partial charge in [-0.1, -0.05) is 66.4 Å². The summed E-state index contributed by atoms with van der Waals surface area (Å²) >= 11 is 4.80. The van der Waals surface area contributed by atoms with Gasteiger partial charge in [-0.2, -0.15) is 5.10 Å². The number of rotatable bonds is 9. The fourth-order valence-electron chi connectivity index (χ4n) is 2.85. The molecule has 6 heteroatoms. The lowest BCUT2D eigenvalue weighted by atomic mass is 10.2. The number of nitrogens with one attached hydrogen (secondary N) is 1. The van der Waals surface area contributed by atoms with E-state index in [2.05, 4.69) is 33.4 Å². The first-order chi connectivity index (χ1) is 13.2. The third kappa shape index (κ3) is 5.72. The second-order valence-electron chi connectivity index (χ2n) is 6.50. The average Bonchev–Trinajstić information content (AvgIpc) is 3.15. The monoisotopic (exact) mass is 450 g/mol. The van der Waals surface area contributed by atoms with E-state index in [1.54, 1.807) is 6.07 Å². The van der Waals surface area contributed by atoms with Crippen LogP contribution in [0.2, 0.25) is 0 Å². The van der Waals surface area contributed by atoms with Gasteiger partial charge in [0.2, 0.25) is 0 Å². The Labute approximate surface area is 172 Å². The summed E-state index contributed by atoms with van der Waals surface area (Å²) in [5, 5.41) is 5.01. The predicted octanol–water partition coefficient (Wildman–Crippen LogP) is 6.63. The molecule has 0 bridgehead atoms. The number of hydrogen-bond acceptors (Lipinski definition) is 4. The van der Waals surface area contributed by atoms with E-state index in [-0.39, 0.29) is 11.2 Å². The molecule has 0 aromatic heterocycles. The van der Waals surface area contributed by atoms with Crippen molar-refractivity contribution in [3.63, 3.8) is 0 Å². The lowest BCUT2D eigenvalue weighted by molar-refractivity contribution is 0.304. The topological polar surface area (TPSA) is 33.6 Å². The normalized spacial score (nSPS) is 16.1. The van der Waals surface area contributed by atoms with Crippen molar-refractivity contribution in [2.24, 2.45) is 5.10 Å². The van der Waals surface area contributed by atoms with E-state index in [1.807, 2.05) is 30.3 Å². The predicted molar refractivity (Wildman–Crippen MR) is 115 cm³/mol. The van der Waals surface area contributed by atoms with Crippen LogP contribution in [0, 0.1) is 5.82 Å². The highest BCUT2D eigenvalue weighted by Gasteiger charge is 2.24. The third-order valence-corrected chi connectivity index (χ3v) is 6.01. The van der Waals surface area contributed by atoms with E-state index in [1.165, 1.54) is 43.5 Å². The molecule has 2 aromatic rings. The van der Waals surface area contributed by atoms with Crippen molar-refractivity contribution in [1.82, 2.24) is 5.43 Å². The van der Waals surface area contributed by atoms with Crippen LogP contribution >= 0.6 is 27.7 Å². The van der Waals surface area contributed by atoms with E-state index in [9.17, 15) is 4.39 Å². The summed E-state index contributed by atoms with van der Waals surface area (Å²) in [5.74, 6) is 0.634. The maximum Gasteiger partial charge on any atom is 0.130 e. The van der Waals surface area contributed by atoms with Gasteiger partial charge < -0.3 is 4.74 Å². The SMILES string of the molecule is CCCCCCCOc1ccc(C2=NNC(c3ccc(Br)cc3F)S2)cc1. The van der Waals surface area contributed by atoms with Gasteiger partial charge in [-0.05, 0) is 42.8 Å². The van der Waals surface area contributed by atoms with Crippen LogP contribution in [-0.2, 0) is 0 Å². The summed E-state index contributed by atoms with van der Waals surface area (Å²) in [5.41, 5.74) is 4.62. The Morgan fingerprint density at radius 2 is 1.89 bits per heavy atom. The molecule has 1 N–H and O–H groups in total. The standard InChI is InChI=1S/C21H24BrFN2OS/c1-2-3-4-5-6-13-26-17-10-7-15(8-11-17)20-24-25-21(27-20)18-12-9-16(22)14-19(18)23/h7-12,14,21,25H,2-6,13H2,1H3. The Morgan fingerprint density at radius 3 is 2.63 bits per heavy atom. The Morgan fingerprint density at radius 1 is 1.11 bits per heavy atom. The minimum atomic E-state index is -0.242. The molecule has 3 rings (SSSR count). The molecule has 2 aromatic carbocycles. The Kier molecular flexibility index (Phi) is 7.59. The smallest absolute Gasteiger partial charge is 0.130 e. The molecule has 0 radical (unpaired) electrons. The van der Waals surface area contributed by atoms with Crippen molar-refractivity contribution < 1.29 is 9.13 Å². The number of hydrazone groups is 1. The quantitative estimate of drug-likeness (QED) is 0.434. The maximum atomic E-state index is 14.2. The van der Waals surface area contributed by atoms with Crippen LogP contribution in [0.5, 0.6) is 5.75 Å². The summed E-state index contributed by atoms with van der Waals surface area (Å²) in [6.45, 7) is 2.98. The largest absolute Gasteiger partial charge is 0.494 e. The number of ether oxygens (including phenoxy) is 1. The number of benzene rings is 2. The number of nitrogens with zero attached hydrogens (tertiary/aromatic N) is 1. The minimum absolute atomic E-state index is 0.216. The molecule has 144 valence electrons. The van der Waals surface area contributed by atoms with Gasteiger partial charge in [0, 0.05) is 15.6 Å². The molecule has 0 saturated carbocycles. The molecule has 0 saturated heterocycles. The lowest BCUT2D eigenvalue weighted by Gasteiger charge is -2.11. The van der Waals surface area contributed by atoms with Crippen LogP contribution in [0.3, 0.4) is 0 Å². The molecule has 0 amide bonds. The van der Waals surface area contributed by atoms with Crippen LogP contribution in [0.25, 0.3) is 0 Å². The van der Waals surface area contributed by atoms with Crippen LogP contribution in [0.1, 0.15) is 55.5 Å². The third-order valence-electron chi connectivity index (χ3n) is 4.38. The molecular weight excluding hydrogens is 427 g/mol. The average molecular weight is 451 g/mol. The maximum absolute atomic E-state index is 14.2. The first-order valence-electron chi connectivity index (χ1n) is 9.35. The zero-order valence-corrected chi connectivity index (χ0v) is 17.8. The van der Waals surface area contributed by atoms with Gasteiger partial charge in [0.15, 0.2) is 0 Å². The zero-order chi connectivity index (χ0) is 19.1. The molecule has 1 unspecified atom stereocenters. The molecular formula is C21H24BrFN2OS. The van der Waals surface area contributed by atoms with Gasteiger partial charge in [0.05, 0.1) is 6.61 Å². The minimum Gasteiger partial charge on any atom is -0.494 e. The van der Waals surface area contributed by atoms with Crippen molar-refractivity contribution in [2.45, 2.75) is 44.4 Å². The number of hydrogen-bond donors (Lipinski definition) is 1. The fraction of sp³-hybridized carbons (Fsp3) is 0.381. The van der Waals surface area contributed by atoms with Crippen molar-refractivity contribution in [3.8, 4) is 5.75 Å². The van der Waals surface area contributed by atoms with E-state index >= 15 is 0 Å². The van der Waals surface area contributed by atoms with Crippen molar-refractivity contribution in [1.29, 1.82) is 0 Å². The molecule has 1 heterocycles. The molecule has 0 spiro atoms. The first-order valence-corrected chi connectivity index (χ1v) is 11.0. The van der Waals surface area contributed by atoms with Crippen LogP contribution in [-0.4, -0.2) is 11.7 Å². The van der Waals surface area contributed by atoms with Crippen molar-refractivity contribution in [2.75, 3.05) is 6.61 Å². The fourth-order valence-corrected chi connectivity index (χ4v) is 4.21. The van der Waals surface area contributed by atoms with Gasteiger partial charge >= 0.3 is 0 Å². The highest BCUT2D eigenvalue weighted by atomic mass is 79.9. The zero-order valence-electron chi connectivity index (χ0n) is 15.4. The first kappa shape index (κ1) is 20.2. The van der Waals surface area contributed by atoms with E-state index < -0.39 is 0 Å². The molecule has 3 nitrogen and oxygen atoms in total. The van der Waals surface area contributed by atoms with E-state index in [0.29, 0.717) is 5.56 Å². The summed E-state index contributed by atoms with van der Waals surface area (Å²) in [6.07, 6.45) is 6.15. The van der Waals surface area contributed by atoms with E-state index in [4.69, 9.17) is 4.74 Å². The van der Waals surface area contributed by atoms with Crippen molar-refractivity contribution in [3.05, 3.63) is 63.9 Å². The van der Waals surface area contributed by atoms with E-state index in [0.717, 1.165) is 33.9 Å². The summed E-state index contributed by atoms with van der Waals surface area (Å²) in [4.78, 5) is 0. The second kappa shape index (κ2) is 10.1. The summed E-state index contributed by atoms with van der Waals surface area (Å²) < 4.78 is 20.7. The van der Waals surface area contributed by atoms with Gasteiger partial charge in [0.1, 0.15) is 22.0 Å². The summed E-state index contributed by atoms with van der Waals surface area (Å²) in [6, 6.07) is 13.0. The van der Waals surface area contributed by atoms with Crippen molar-refractivity contribution >= 4 is 32.7 Å². The van der Waals surface area contributed by atoms with Gasteiger partial charge in [-0.3, -0.25) is 5.43 Å². The number of halogens is 2. The molecule has 0 fully saturated rings. The summed E-state index contributed by atoms with van der Waals surface area (Å²) in [7, 11) is 0. The Balaban J connectivity index is 1.51. The molecule has 1 aliphatic rings. The van der Waals surface area contributed by atoms with Gasteiger partial charge in [0.25, 0.3) is 0 Å². The highest BCUT2D eigenvalue weighted by Crippen LogP contribution is 2.36. The molecule has 27 heavy (non-hydrogen) atoms. The van der Waals surface area contributed by atoms with Gasteiger partial charge in [-0.15, -0.1) is 0 Å². The Bertz CT molecular complexity index is 782. The molecule has 1 atom stereocenters. The Hall–Kier alpha value is -1.53. The molecule has 0 aliphatic carbocycles. The van der Waals surface area contributed by atoms with Crippen LogP contribution < -0.4 is 10.2 Å². The lowest BCUT2D eigenvalue weighted by Crippen LogP contribution is -2.08.